The lowest BCUT2D eigenvalue weighted by Gasteiger charge is -2.14. The zero-order valence-electron chi connectivity index (χ0n) is 10.3. The molecule has 0 aliphatic carbocycles. The molecule has 2 atom stereocenters. The van der Waals surface area contributed by atoms with Gasteiger partial charge in [0, 0.05) is 12.6 Å². The van der Waals surface area contributed by atoms with Crippen LogP contribution in [0.25, 0.3) is 0 Å². The Hall–Kier alpha value is -0.750. The van der Waals surface area contributed by atoms with E-state index in [2.05, 4.69) is 24.6 Å². The van der Waals surface area contributed by atoms with Gasteiger partial charge in [0.2, 0.25) is 11.3 Å². The van der Waals surface area contributed by atoms with Gasteiger partial charge in [0.25, 0.3) is 0 Å². The normalized spacial score (nSPS) is 14.6. The fraction of sp³-hybridized carbons (Fsp3) is 0.500. The summed E-state index contributed by atoms with van der Waals surface area (Å²) in [6.07, 6.45) is 1.79. The van der Waals surface area contributed by atoms with Gasteiger partial charge >= 0.3 is 0 Å². The first kappa shape index (κ1) is 14.3. The van der Waals surface area contributed by atoms with E-state index in [1.54, 1.807) is 0 Å². The minimum Gasteiger partial charge on any atom is -0.324 e. The third-order valence-electron chi connectivity index (χ3n) is 2.87. The van der Waals surface area contributed by atoms with Gasteiger partial charge in [0.05, 0.1) is 0 Å². The Morgan fingerprint density at radius 3 is 2.65 bits per heavy atom. The molecule has 0 fully saturated rings. The number of rotatable bonds is 6. The van der Waals surface area contributed by atoms with Gasteiger partial charge < -0.3 is 5.73 Å². The number of nitrogens with one attached hydrogen (secondary N) is 1. The van der Waals surface area contributed by atoms with Crippen molar-refractivity contribution in [3.8, 4) is 0 Å². The molecule has 17 heavy (non-hydrogen) atoms. The van der Waals surface area contributed by atoms with E-state index in [-0.39, 0.29) is 6.04 Å². The van der Waals surface area contributed by atoms with Crippen LogP contribution in [0, 0.1) is 0 Å². The standard InChI is InChI=1S/C12H20N2O2S/c1-3-9-7-10(12(13)4-2)5-6-11(9)8-14-17(15)16/h5-7,12,14H,3-4,8,13H2,1-2H3,(H,15,16)/t12-/m1/s1. The fourth-order valence-corrected chi connectivity index (χ4v) is 2.03. The van der Waals surface area contributed by atoms with Crippen LogP contribution in [0.1, 0.15) is 43.0 Å². The van der Waals surface area contributed by atoms with Gasteiger partial charge in [0.1, 0.15) is 0 Å². The highest BCUT2D eigenvalue weighted by atomic mass is 32.2. The molecule has 4 N–H and O–H groups in total. The van der Waals surface area contributed by atoms with Gasteiger partial charge in [-0.15, -0.1) is 0 Å². The Labute approximate surface area is 105 Å². The molecule has 0 bridgehead atoms. The largest absolute Gasteiger partial charge is 0.324 e. The number of hydrogen-bond donors (Lipinski definition) is 3. The Morgan fingerprint density at radius 1 is 1.41 bits per heavy atom. The SMILES string of the molecule is CCc1cc([C@H](N)CC)ccc1CNS(=O)O. The second-order valence-corrected chi connectivity index (χ2v) is 4.75. The van der Waals surface area contributed by atoms with Crippen molar-refractivity contribution in [1.29, 1.82) is 0 Å². The number of aryl methyl sites for hydroxylation is 1. The molecule has 0 aromatic heterocycles. The van der Waals surface area contributed by atoms with Gasteiger partial charge in [-0.2, -0.15) is 0 Å². The molecule has 0 saturated carbocycles. The highest BCUT2D eigenvalue weighted by Gasteiger charge is 2.07. The first-order chi connectivity index (χ1) is 8.08. The Morgan fingerprint density at radius 2 is 2.12 bits per heavy atom. The maximum atomic E-state index is 10.6. The lowest BCUT2D eigenvalue weighted by Crippen LogP contribution is -2.17. The van der Waals surface area contributed by atoms with E-state index in [9.17, 15) is 4.21 Å². The van der Waals surface area contributed by atoms with Crippen molar-refractivity contribution in [2.75, 3.05) is 0 Å². The molecule has 0 amide bonds. The van der Waals surface area contributed by atoms with E-state index < -0.39 is 11.3 Å². The lowest BCUT2D eigenvalue weighted by molar-refractivity contribution is 0.548. The summed E-state index contributed by atoms with van der Waals surface area (Å²) in [6.45, 7) is 4.52. The molecular weight excluding hydrogens is 236 g/mol. The maximum absolute atomic E-state index is 10.6. The number of nitrogens with two attached hydrogens (primary N) is 1. The van der Waals surface area contributed by atoms with Gasteiger partial charge in [-0.1, -0.05) is 32.0 Å². The molecular formula is C12H20N2O2S. The maximum Gasteiger partial charge on any atom is 0.232 e. The van der Waals surface area contributed by atoms with Crippen LogP contribution in [0.15, 0.2) is 18.2 Å². The van der Waals surface area contributed by atoms with E-state index in [1.165, 1.54) is 5.56 Å². The van der Waals surface area contributed by atoms with E-state index in [1.807, 2.05) is 12.1 Å². The second-order valence-electron chi connectivity index (χ2n) is 3.97. The molecule has 96 valence electrons. The Kier molecular flexibility index (Phi) is 5.77. The number of hydrogen-bond acceptors (Lipinski definition) is 2. The highest BCUT2D eigenvalue weighted by Crippen LogP contribution is 2.19. The second kappa shape index (κ2) is 6.86. The molecule has 0 aliphatic heterocycles. The van der Waals surface area contributed by atoms with Crippen LogP contribution in [-0.4, -0.2) is 8.76 Å². The molecule has 0 saturated heterocycles. The molecule has 4 nitrogen and oxygen atoms in total. The number of benzene rings is 1. The summed E-state index contributed by atoms with van der Waals surface area (Å²) in [5, 5.41) is 0. The minimum atomic E-state index is -1.97. The Balaban J connectivity index is 2.89. The zero-order chi connectivity index (χ0) is 12.8. The Bertz CT molecular complexity index is 396. The zero-order valence-corrected chi connectivity index (χ0v) is 11.1. The van der Waals surface area contributed by atoms with Crippen LogP contribution < -0.4 is 10.5 Å². The van der Waals surface area contributed by atoms with Gasteiger partial charge in [-0.3, -0.25) is 4.55 Å². The first-order valence-corrected chi connectivity index (χ1v) is 6.90. The van der Waals surface area contributed by atoms with Crippen LogP contribution in [0.2, 0.25) is 0 Å². The van der Waals surface area contributed by atoms with Gasteiger partial charge in [0.15, 0.2) is 0 Å². The third-order valence-corrected chi connectivity index (χ3v) is 3.26. The van der Waals surface area contributed by atoms with Crippen molar-refractivity contribution in [3.05, 3.63) is 34.9 Å². The van der Waals surface area contributed by atoms with Gasteiger partial charge in [-0.25, -0.2) is 8.93 Å². The van der Waals surface area contributed by atoms with Crippen LogP contribution in [0.4, 0.5) is 0 Å². The summed E-state index contributed by atoms with van der Waals surface area (Å²) in [4.78, 5) is 0. The fourth-order valence-electron chi connectivity index (χ4n) is 1.75. The summed E-state index contributed by atoms with van der Waals surface area (Å²) in [7, 11) is 0. The smallest absolute Gasteiger partial charge is 0.232 e. The summed E-state index contributed by atoms with van der Waals surface area (Å²) in [5.41, 5.74) is 9.32. The summed E-state index contributed by atoms with van der Waals surface area (Å²) < 4.78 is 21.8. The highest BCUT2D eigenvalue weighted by molar-refractivity contribution is 7.77. The average Bonchev–Trinajstić information content (AvgIpc) is 2.34. The minimum absolute atomic E-state index is 0.0642. The predicted molar refractivity (Wildman–Crippen MR) is 70.7 cm³/mol. The summed E-state index contributed by atoms with van der Waals surface area (Å²) >= 11 is -1.97. The van der Waals surface area contributed by atoms with E-state index in [0.29, 0.717) is 6.54 Å². The third kappa shape index (κ3) is 4.20. The topological polar surface area (TPSA) is 75.3 Å². The van der Waals surface area contributed by atoms with Crippen LogP contribution in [0.3, 0.4) is 0 Å². The molecule has 1 aromatic rings. The first-order valence-electron chi connectivity index (χ1n) is 5.80. The van der Waals surface area contributed by atoms with E-state index in [4.69, 9.17) is 10.3 Å². The molecule has 0 aliphatic rings. The van der Waals surface area contributed by atoms with Gasteiger partial charge in [-0.05, 0) is 29.5 Å². The van der Waals surface area contributed by atoms with E-state index in [0.717, 1.165) is 24.0 Å². The lowest BCUT2D eigenvalue weighted by atomic mass is 9.97. The van der Waals surface area contributed by atoms with Crippen LogP contribution in [-0.2, 0) is 24.2 Å². The molecule has 1 aromatic carbocycles. The molecule has 0 heterocycles. The van der Waals surface area contributed by atoms with Crippen molar-refractivity contribution >= 4 is 11.3 Å². The molecule has 0 radical (unpaired) electrons. The van der Waals surface area contributed by atoms with Crippen molar-refractivity contribution < 1.29 is 8.76 Å². The monoisotopic (exact) mass is 256 g/mol. The van der Waals surface area contributed by atoms with Crippen LogP contribution in [0.5, 0.6) is 0 Å². The van der Waals surface area contributed by atoms with E-state index >= 15 is 0 Å². The average molecular weight is 256 g/mol. The molecule has 0 spiro atoms. The van der Waals surface area contributed by atoms with Crippen molar-refractivity contribution in [2.45, 2.75) is 39.3 Å². The molecule has 5 heteroatoms. The van der Waals surface area contributed by atoms with Crippen molar-refractivity contribution in [2.24, 2.45) is 5.73 Å². The summed E-state index contributed by atoms with van der Waals surface area (Å²) in [5.74, 6) is 0. The van der Waals surface area contributed by atoms with Crippen LogP contribution >= 0.6 is 0 Å². The van der Waals surface area contributed by atoms with Crippen molar-refractivity contribution in [3.63, 3.8) is 0 Å². The quantitative estimate of drug-likeness (QED) is 0.680. The predicted octanol–water partition coefficient (Wildman–Crippen LogP) is 1.89. The summed E-state index contributed by atoms with van der Waals surface area (Å²) in [6, 6.07) is 6.12. The van der Waals surface area contributed by atoms with Crippen molar-refractivity contribution in [1.82, 2.24) is 4.72 Å². The molecule has 1 unspecified atom stereocenters. The molecule has 1 rings (SSSR count).